The summed E-state index contributed by atoms with van der Waals surface area (Å²) < 4.78 is 10.5. The number of aliphatic hydroxyl groups is 1. The van der Waals surface area contributed by atoms with Crippen LogP contribution in [0.2, 0.25) is 0 Å². The Labute approximate surface area is 157 Å². The predicted octanol–water partition coefficient (Wildman–Crippen LogP) is -0.799. The van der Waals surface area contributed by atoms with Gasteiger partial charge < -0.3 is 30.5 Å². The number of carbonyl (C=O) groups is 3. The van der Waals surface area contributed by atoms with Crippen molar-refractivity contribution in [2.45, 2.75) is 24.9 Å². The third-order valence-electron chi connectivity index (χ3n) is 4.62. The number of ether oxygens (including phenoxy) is 2. The summed E-state index contributed by atoms with van der Waals surface area (Å²) in [6.45, 7) is 0.122. The van der Waals surface area contributed by atoms with Crippen molar-refractivity contribution in [3.05, 3.63) is 23.8 Å². The second-order valence-electron chi connectivity index (χ2n) is 6.42. The summed E-state index contributed by atoms with van der Waals surface area (Å²) >= 11 is 0. The molecule has 1 fully saturated rings. The van der Waals surface area contributed by atoms with Crippen molar-refractivity contribution in [3.63, 3.8) is 0 Å². The normalized spacial score (nSPS) is 15.7. The van der Waals surface area contributed by atoms with Gasteiger partial charge in [0.2, 0.25) is 11.8 Å². The zero-order valence-electron chi connectivity index (χ0n) is 15.5. The Kier molecular flexibility index (Phi) is 6.62. The highest BCUT2D eigenvalue weighted by atomic mass is 16.5. The van der Waals surface area contributed by atoms with Gasteiger partial charge in [0.05, 0.1) is 27.2 Å². The van der Waals surface area contributed by atoms with Crippen molar-refractivity contribution >= 4 is 17.7 Å². The van der Waals surface area contributed by atoms with Crippen LogP contribution in [0.3, 0.4) is 0 Å². The topological polar surface area (TPSA) is 131 Å². The average Bonchev–Trinajstić information content (AvgIpc) is 2.66. The van der Waals surface area contributed by atoms with E-state index in [2.05, 4.69) is 5.32 Å². The van der Waals surface area contributed by atoms with E-state index in [0.29, 0.717) is 17.1 Å². The molecule has 1 aliphatic rings. The molecule has 0 saturated carbocycles. The minimum Gasteiger partial charge on any atom is -0.497 e. The lowest BCUT2D eigenvalue weighted by Crippen LogP contribution is -2.55. The van der Waals surface area contributed by atoms with E-state index in [-0.39, 0.29) is 44.8 Å². The largest absolute Gasteiger partial charge is 0.497 e. The summed E-state index contributed by atoms with van der Waals surface area (Å²) in [5.41, 5.74) is 4.07. The maximum absolute atomic E-state index is 12.6. The number of benzene rings is 1. The van der Waals surface area contributed by atoms with Crippen LogP contribution < -0.4 is 20.5 Å². The molecule has 0 unspecified atom stereocenters. The predicted molar refractivity (Wildman–Crippen MR) is 96.2 cm³/mol. The average molecular weight is 379 g/mol. The van der Waals surface area contributed by atoms with Gasteiger partial charge in [0.15, 0.2) is 0 Å². The molecule has 9 heteroatoms. The molecule has 0 radical (unpaired) electrons. The molecule has 0 bridgehead atoms. The zero-order chi connectivity index (χ0) is 20.0. The number of nitrogens with one attached hydrogen (secondary N) is 1. The molecule has 1 aromatic carbocycles. The van der Waals surface area contributed by atoms with Crippen molar-refractivity contribution in [2.24, 2.45) is 5.73 Å². The molecule has 27 heavy (non-hydrogen) atoms. The number of amides is 3. The van der Waals surface area contributed by atoms with Gasteiger partial charge in [0.25, 0.3) is 5.91 Å². The highest BCUT2D eigenvalue weighted by molar-refractivity contribution is 5.89. The Morgan fingerprint density at radius 3 is 2.44 bits per heavy atom. The molecular formula is C18H25N3O6. The number of piperidine rings is 1. The standard InChI is InChI=1S/C18H25N3O6/c1-26-13-3-4-14(27-2)12(9-13)10-16(23)21-7-5-18(25,6-8-21)17(24)20-11-15(19)22/h3-4,9,25H,5-8,10-11H2,1-2H3,(H2,19,22)(H,20,24). The van der Waals surface area contributed by atoms with Crippen LogP contribution in [-0.2, 0) is 20.8 Å². The summed E-state index contributed by atoms with van der Waals surface area (Å²) in [6.07, 6.45) is 0.282. The number of likely N-dealkylation sites (tertiary alicyclic amines) is 1. The molecule has 9 nitrogen and oxygen atoms in total. The SMILES string of the molecule is COc1ccc(OC)c(CC(=O)N2CCC(O)(C(=O)NCC(N)=O)CC2)c1. The second-order valence-corrected chi connectivity index (χ2v) is 6.42. The Hall–Kier alpha value is -2.81. The van der Waals surface area contributed by atoms with Gasteiger partial charge in [-0.25, -0.2) is 0 Å². The van der Waals surface area contributed by atoms with E-state index < -0.39 is 17.4 Å². The number of hydrogen-bond donors (Lipinski definition) is 3. The lowest BCUT2D eigenvalue weighted by atomic mass is 9.90. The molecule has 3 amide bonds. The van der Waals surface area contributed by atoms with Crippen LogP contribution in [0.15, 0.2) is 18.2 Å². The molecule has 148 valence electrons. The first-order valence-electron chi connectivity index (χ1n) is 8.56. The van der Waals surface area contributed by atoms with Crippen molar-refractivity contribution in [1.82, 2.24) is 10.2 Å². The van der Waals surface area contributed by atoms with Gasteiger partial charge in [0.1, 0.15) is 17.1 Å². The highest BCUT2D eigenvalue weighted by Crippen LogP contribution is 2.27. The fourth-order valence-electron chi connectivity index (χ4n) is 2.98. The van der Waals surface area contributed by atoms with Crippen LogP contribution in [0.5, 0.6) is 11.5 Å². The van der Waals surface area contributed by atoms with Gasteiger partial charge in [0, 0.05) is 31.5 Å². The Balaban J connectivity index is 1.97. The minimum atomic E-state index is -1.61. The zero-order valence-corrected chi connectivity index (χ0v) is 15.5. The van der Waals surface area contributed by atoms with Crippen LogP contribution >= 0.6 is 0 Å². The number of methoxy groups -OCH3 is 2. The highest BCUT2D eigenvalue weighted by Gasteiger charge is 2.40. The molecule has 0 atom stereocenters. The second kappa shape index (κ2) is 8.72. The van der Waals surface area contributed by atoms with E-state index in [9.17, 15) is 19.5 Å². The van der Waals surface area contributed by atoms with Crippen LogP contribution in [0.25, 0.3) is 0 Å². The first-order chi connectivity index (χ1) is 12.8. The monoisotopic (exact) mass is 379 g/mol. The summed E-state index contributed by atoms with van der Waals surface area (Å²) in [5.74, 6) is -0.267. The van der Waals surface area contributed by atoms with Gasteiger partial charge in [-0.3, -0.25) is 14.4 Å². The summed E-state index contributed by atoms with van der Waals surface area (Å²) in [7, 11) is 3.07. The summed E-state index contributed by atoms with van der Waals surface area (Å²) in [6, 6.07) is 5.23. The first kappa shape index (κ1) is 20.5. The maximum Gasteiger partial charge on any atom is 0.252 e. The van der Waals surface area contributed by atoms with Crippen LogP contribution in [0.1, 0.15) is 18.4 Å². The molecule has 1 saturated heterocycles. The number of rotatable bonds is 7. The Morgan fingerprint density at radius 2 is 1.89 bits per heavy atom. The molecule has 0 aliphatic carbocycles. The van der Waals surface area contributed by atoms with E-state index in [4.69, 9.17) is 15.2 Å². The first-order valence-corrected chi connectivity index (χ1v) is 8.56. The lowest BCUT2D eigenvalue weighted by Gasteiger charge is -2.37. The van der Waals surface area contributed by atoms with E-state index in [1.54, 1.807) is 30.2 Å². The molecule has 0 spiro atoms. The molecule has 1 heterocycles. The number of nitrogens with two attached hydrogens (primary N) is 1. The van der Waals surface area contributed by atoms with Crippen LogP contribution in [-0.4, -0.2) is 67.2 Å². The fourth-order valence-corrected chi connectivity index (χ4v) is 2.98. The number of nitrogens with zero attached hydrogens (tertiary/aromatic N) is 1. The van der Waals surface area contributed by atoms with Gasteiger partial charge in [-0.2, -0.15) is 0 Å². The van der Waals surface area contributed by atoms with Gasteiger partial charge in [-0.15, -0.1) is 0 Å². The molecule has 1 aromatic rings. The lowest BCUT2D eigenvalue weighted by molar-refractivity contribution is -0.149. The molecule has 1 aliphatic heterocycles. The van der Waals surface area contributed by atoms with Crippen molar-refractivity contribution in [3.8, 4) is 11.5 Å². The van der Waals surface area contributed by atoms with E-state index >= 15 is 0 Å². The van der Waals surface area contributed by atoms with Gasteiger partial charge >= 0.3 is 0 Å². The van der Waals surface area contributed by atoms with Crippen molar-refractivity contribution in [2.75, 3.05) is 33.9 Å². The van der Waals surface area contributed by atoms with Gasteiger partial charge in [-0.05, 0) is 18.2 Å². The van der Waals surface area contributed by atoms with E-state index in [1.165, 1.54) is 7.11 Å². The molecule has 2 rings (SSSR count). The number of primary amides is 1. The third kappa shape index (κ3) is 5.10. The van der Waals surface area contributed by atoms with Crippen molar-refractivity contribution < 1.29 is 29.0 Å². The maximum atomic E-state index is 12.6. The summed E-state index contributed by atoms with van der Waals surface area (Å²) in [4.78, 5) is 37.0. The molecule has 4 N–H and O–H groups in total. The van der Waals surface area contributed by atoms with Crippen molar-refractivity contribution in [1.29, 1.82) is 0 Å². The van der Waals surface area contributed by atoms with E-state index in [1.807, 2.05) is 0 Å². The van der Waals surface area contributed by atoms with Crippen LogP contribution in [0, 0.1) is 0 Å². The van der Waals surface area contributed by atoms with Gasteiger partial charge in [-0.1, -0.05) is 0 Å². The molecule has 0 aromatic heterocycles. The summed E-state index contributed by atoms with van der Waals surface area (Å²) in [5, 5.41) is 12.8. The quantitative estimate of drug-likeness (QED) is 0.568. The number of hydrogen-bond acceptors (Lipinski definition) is 6. The van der Waals surface area contributed by atoms with Crippen LogP contribution in [0.4, 0.5) is 0 Å². The number of carbonyl (C=O) groups excluding carboxylic acids is 3. The molecular weight excluding hydrogens is 354 g/mol. The third-order valence-corrected chi connectivity index (χ3v) is 4.62. The Bertz CT molecular complexity index is 713. The Morgan fingerprint density at radius 1 is 1.22 bits per heavy atom. The fraction of sp³-hybridized carbons (Fsp3) is 0.500. The smallest absolute Gasteiger partial charge is 0.252 e. The van der Waals surface area contributed by atoms with E-state index in [0.717, 1.165) is 0 Å². The minimum absolute atomic E-state index is 0.0819.